The van der Waals surface area contributed by atoms with Gasteiger partial charge in [0, 0.05) is 11.3 Å². The predicted octanol–water partition coefficient (Wildman–Crippen LogP) is 2.95. The molecule has 0 aliphatic carbocycles. The molecule has 0 N–H and O–H groups in total. The Morgan fingerprint density at radius 2 is 2.30 bits per heavy atom. The van der Waals surface area contributed by atoms with Crippen molar-refractivity contribution >= 4 is 11.3 Å². The molecule has 0 spiro atoms. The third-order valence-electron chi connectivity index (χ3n) is 1.19. The van der Waals surface area contributed by atoms with E-state index in [-0.39, 0.29) is 6.42 Å². The van der Waals surface area contributed by atoms with Crippen LogP contribution in [-0.2, 0) is 6.42 Å². The Morgan fingerprint density at radius 3 is 2.80 bits per heavy atom. The first-order valence-corrected chi connectivity index (χ1v) is 3.97. The SMILES string of the molecule is FC(F)CCc1cccs1. The van der Waals surface area contributed by atoms with Crippen LogP contribution in [0.25, 0.3) is 0 Å². The summed E-state index contributed by atoms with van der Waals surface area (Å²) in [5, 5.41) is 1.90. The molecule has 0 atom stereocenters. The fourth-order valence-corrected chi connectivity index (χ4v) is 1.43. The van der Waals surface area contributed by atoms with Crippen molar-refractivity contribution in [1.29, 1.82) is 0 Å². The van der Waals surface area contributed by atoms with Gasteiger partial charge < -0.3 is 0 Å². The van der Waals surface area contributed by atoms with Crippen molar-refractivity contribution < 1.29 is 8.78 Å². The van der Waals surface area contributed by atoms with Gasteiger partial charge in [-0.05, 0) is 17.9 Å². The van der Waals surface area contributed by atoms with E-state index in [1.54, 1.807) is 0 Å². The summed E-state index contributed by atoms with van der Waals surface area (Å²) in [5.41, 5.74) is 0. The van der Waals surface area contributed by atoms with E-state index in [4.69, 9.17) is 0 Å². The van der Waals surface area contributed by atoms with Crippen LogP contribution in [0.3, 0.4) is 0 Å². The van der Waals surface area contributed by atoms with Gasteiger partial charge >= 0.3 is 0 Å². The molecule has 0 saturated carbocycles. The summed E-state index contributed by atoms with van der Waals surface area (Å²) in [7, 11) is 0. The summed E-state index contributed by atoms with van der Waals surface area (Å²) in [6, 6.07) is 3.76. The van der Waals surface area contributed by atoms with Gasteiger partial charge in [0.2, 0.25) is 6.43 Å². The lowest BCUT2D eigenvalue weighted by Crippen LogP contribution is -1.91. The third-order valence-corrected chi connectivity index (χ3v) is 2.13. The maximum atomic E-state index is 11.6. The second-order valence-corrected chi connectivity index (χ2v) is 3.04. The minimum atomic E-state index is -2.16. The standard InChI is InChI=1S/C7H8F2S/c8-7(9)4-3-6-2-1-5-10-6/h1-2,5,7H,3-4H2. The van der Waals surface area contributed by atoms with Crippen molar-refractivity contribution in [3.8, 4) is 0 Å². The Balaban J connectivity index is 2.28. The molecule has 0 nitrogen and oxygen atoms in total. The van der Waals surface area contributed by atoms with Crippen molar-refractivity contribution in [2.75, 3.05) is 0 Å². The van der Waals surface area contributed by atoms with Crippen LogP contribution in [0, 0.1) is 0 Å². The summed E-state index contributed by atoms with van der Waals surface area (Å²) >= 11 is 1.53. The Morgan fingerprint density at radius 1 is 1.50 bits per heavy atom. The zero-order chi connectivity index (χ0) is 7.40. The molecular weight excluding hydrogens is 154 g/mol. The van der Waals surface area contributed by atoms with E-state index in [1.807, 2.05) is 17.5 Å². The van der Waals surface area contributed by atoms with Gasteiger partial charge in [-0.25, -0.2) is 8.78 Å². The van der Waals surface area contributed by atoms with Crippen LogP contribution < -0.4 is 0 Å². The fraction of sp³-hybridized carbons (Fsp3) is 0.429. The molecule has 3 heteroatoms. The van der Waals surface area contributed by atoms with Crippen LogP contribution >= 0.6 is 11.3 Å². The number of alkyl halides is 2. The van der Waals surface area contributed by atoms with E-state index in [9.17, 15) is 8.78 Å². The van der Waals surface area contributed by atoms with Gasteiger partial charge in [0.25, 0.3) is 0 Å². The average Bonchev–Trinajstić information content (AvgIpc) is 2.34. The highest BCUT2D eigenvalue weighted by molar-refractivity contribution is 7.09. The maximum Gasteiger partial charge on any atom is 0.239 e. The molecule has 0 unspecified atom stereocenters. The first-order valence-electron chi connectivity index (χ1n) is 3.09. The Labute approximate surface area is 62.5 Å². The van der Waals surface area contributed by atoms with Crippen LogP contribution in [0.15, 0.2) is 17.5 Å². The van der Waals surface area contributed by atoms with E-state index in [0.29, 0.717) is 6.42 Å². The quantitative estimate of drug-likeness (QED) is 0.641. The van der Waals surface area contributed by atoms with E-state index in [0.717, 1.165) is 4.88 Å². The van der Waals surface area contributed by atoms with Gasteiger partial charge in [-0.2, -0.15) is 0 Å². The number of aryl methyl sites for hydroxylation is 1. The van der Waals surface area contributed by atoms with Gasteiger partial charge in [-0.15, -0.1) is 11.3 Å². The summed E-state index contributed by atoms with van der Waals surface area (Å²) in [6.07, 6.45) is -1.67. The lowest BCUT2D eigenvalue weighted by Gasteiger charge is -1.94. The van der Waals surface area contributed by atoms with Crippen LogP contribution in [0.5, 0.6) is 0 Å². The average molecular weight is 162 g/mol. The van der Waals surface area contributed by atoms with E-state index >= 15 is 0 Å². The van der Waals surface area contributed by atoms with Crippen LogP contribution in [0.4, 0.5) is 8.78 Å². The molecule has 10 heavy (non-hydrogen) atoms. The smallest absolute Gasteiger partial charge is 0.211 e. The van der Waals surface area contributed by atoms with E-state index < -0.39 is 6.43 Å². The molecule has 0 saturated heterocycles. The maximum absolute atomic E-state index is 11.6. The number of rotatable bonds is 3. The topological polar surface area (TPSA) is 0 Å². The molecule has 0 fully saturated rings. The molecule has 0 aliphatic rings. The Hall–Kier alpha value is -0.440. The van der Waals surface area contributed by atoms with Gasteiger partial charge in [-0.3, -0.25) is 0 Å². The lowest BCUT2D eigenvalue weighted by atomic mass is 10.3. The lowest BCUT2D eigenvalue weighted by molar-refractivity contribution is 0.138. The molecule has 1 aromatic heterocycles. The summed E-state index contributed by atoms with van der Waals surface area (Å²) in [4.78, 5) is 1.04. The van der Waals surface area contributed by atoms with E-state index in [2.05, 4.69) is 0 Å². The van der Waals surface area contributed by atoms with Crippen LogP contribution in [-0.4, -0.2) is 6.43 Å². The zero-order valence-electron chi connectivity index (χ0n) is 5.39. The first-order chi connectivity index (χ1) is 4.79. The highest BCUT2D eigenvalue weighted by atomic mass is 32.1. The summed E-state index contributed by atoms with van der Waals surface area (Å²) in [5.74, 6) is 0. The molecule has 0 aromatic carbocycles. The van der Waals surface area contributed by atoms with Gasteiger partial charge in [0.05, 0.1) is 0 Å². The molecular formula is C7H8F2S. The minimum Gasteiger partial charge on any atom is -0.211 e. The summed E-state index contributed by atoms with van der Waals surface area (Å²) in [6.45, 7) is 0. The molecule has 1 heterocycles. The normalized spacial score (nSPS) is 10.7. The van der Waals surface area contributed by atoms with Crippen molar-refractivity contribution in [1.82, 2.24) is 0 Å². The highest BCUT2D eigenvalue weighted by Gasteiger charge is 2.02. The van der Waals surface area contributed by atoms with Crippen molar-refractivity contribution in [2.24, 2.45) is 0 Å². The third kappa shape index (κ3) is 2.43. The molecule has 1 rings (SSSR count). The van der Waals surface area contributed by atoms with Crippen molar-refractivity contribution in [2.45, 2.75) is 19.3 Å². The van der Waals surface area contributed by atoms with Gasteiger partial charge in [-0.1, -0.05) is 6.07 Å². The second-order valence-electron chi connectivity index (χ2n) is 2.01. The number of hydrogen-bond donors (Lipinski definition) is 0. The molecule has 56 valence electrons. The second kappa shape index (κ2) is 3.66. The Kier molecular flexibility index (Phi) is 2.81. The number of halogens is 2. The van der Waals surface area contributed by atoms with Crippen molar-refractivity contribution in [3.05, 3.63) is 22.4 Å². The number of hydrogen-bond acceptors (Lipinski definition) is 1. The molecule has 0 aliphatic heterocycles. The van der Waals surface area contributed by atoms with Crippen molar-refractivity contribution in [3.63, 3.8) is 0 Å². The van der Waals surface area contributed by atoms with Crippen LogP contribution in [0.2, 0.25) is 0 Å². The van der Waals surface area contributed by atoms with Crippen LogP contribution in [0.1, 0.15) is 11.3 Å². The Bertz CT molecular complexity index is 170. The highest BCUT2D eigenvalue weighted by Crippen LogP contribution is 2.13. The van der Waals surface area contributed by atoms with Gasteiger partial charge in [0.1, 0.15) is 0 Å². The van der Waals surface area contributed by atoms with Gasteiger partial charge in [0.15, 0.2) is 0 Å². The fourth-order valence-electron chi connectivity index (χ4n) is 0.706. The monoisotopic (exact) mass is 162 g/mol. The largest absolute Gasteiger partial charge is 0.239 e. The number of thiophene rings is 1. The molecule has 0 amide bonds. The molecule has 0 bridgehead atoms. The zero-order valence-corrected chi connectivity index (χ0v) is 6.20. The summed E-state index contributed by atoms with van der Waals surface area (Å²) < 4.78 is 23.3. The minimum absolute atomic E-state index is 0.0134. The molecule has 1 aromatic rings. The molecule has 0 radical (unpaired) electrons. The predicted molar refractivity (Wildman–Crippen MR) is 38.6 cm³/mol. The first kappa shape index (κ1) is 7.66. The van der Waals surface area contributed by atoms with E-state index in [1.165, 1.54) is 11.3 Å².